The molecule has 11 nitrogen and oxygen atoms in total. The molecule has 2 aromatic heterocycles. The van der Waals surface area contributed by atoms with Gasteiger partial charge in [0.15, 0.2) is 0 Å². The molecule has 1 saturated heterocycles. The lowest BCUT2D eigenvalue weighted by Crippen LogP contribution is -2.49. The molecule has 1 N–H and O–H groups in total. The highest BCUT2D eigenvalue weighted by molar-refractivity contribution is 7.99. The molecule has 0 unspecified atom stereocenters. The Morgan fingerprint density at radius 2 is 1.80 bits per heavy atom. The second-order valence-corrected chi connectivity index (χ2v) is 9.60. The molecule has 0 atom stereocenters. The van der Waals surface area contributed by atoms with Gasteiger partial charge in [-0.2, -0.15) is 0 Å². The van der Waals surface area contributed by atoms with Gasteiger partial charge in [-0.3, -0.25) is 9.59 Å². The minimum Gasteiger partial charge on any atom is -0.353 e. The number of amides is 2. The molecule has 3 aromatic rings. The van der Waals surface area contributed by atoms with Gasteiger partial charge >= 0.3 is 0 Å². The van der Waals surface area contributed by atoms with Crippen LogP contribution >= 0.6 is 11.8 Å². The number of hydrogen-bond acceptors (Lipinski definition) is 9. The van der Waals surface area contributed by atoms with Crippen molar-refractivity contribution in [3.63, 3.8) is 0 Å². The number of nitrogens with zero attached hydrogens (tertiary/aromatic N) is 8. The summed E-state index contributed by atoms with van der Waals surface area (Å²) in [5.74, 6) is 2.02. The van der Waals surface area contributed by atoms with Gasteiger partial charge < -0.3 is 15.1 Å². The molecule has 0 bridgehead atoms. The van der Waals surface area contributed by atoms with Crippen LogP contribution in [0.3, 0.4) is 0 Å². The Morgan fingerprint density at radius 3 is 2.43 bits per heavy atom. The van der Waals surface area contributed by atoms with Crippen molar-refractivity contribution in [1.29, 1.82) is 0 Å². The zero-order valence-corrected chi connectivity index (χ0v) is 21.1. The van der Waals surface area contributed by atoms with E-state index in [1.807, 2.05) is 17.9 Å². The van der Waals surface area contributed by atoms with Gasteiger partial charge in [0.05, 0.1) is 5.75 Å². The van der Waals surface area contributed by atoms with E-state index >= 15 is 0 Å². The van der Waals surface area contributed by atoms with Crippen LogP contribution in [-0.4, -0.2) is 78.8 Å². The lowest BCUT2D eigenvalue weighted by Gasteiger charge is -2.35. The lowest BCUT2D eigenvalue weighted by molar-refractivity contribution is -0.113. The number of thioether (sulfide) groups is 1. The van der Waals surface area contributed by atoms with Crippen LogP contribution < -0.4 is 10.2 Å². The SMILES string of the molecule is Cc1cc(N2CCN(C(=O)c3ccc(NC(=O)CSc4nnnn4C)cc3)CC2)nc(C(C)C)n1. The first-order chi connectivity index (χ1) is 16.8. The summed E-state index contributed by atoms with van der Waals surface area (Å²) in [6, 6.07) is 8.97. The Labute approximate surface area is 208 Å². The zero-order valence-electron chi connectivity index (χ0n) is 20.3. The monoisotopic (exact) mass is 495 g/mol. The highest BCUT2D eigenvalue weighted by Crippen LogP contribution is 2.20. The molecular weight excluding hydrogens is 466 g/mol. The van der Waals surface area contributed by atoms with Gasteiger partial charge in [0.25, 0.3) is 5.91 Å². The maximum atomic E-state index is 13.0. The third-order valence-corrected chi connectivity index (χ3v) is 6.61. The minimum absolute atomic E-state index is 0.0189. The topological polar surface area (TPSA) is 122 Å². The van der Waals surface area contributed by atoms with Gasteiger partial charge in [0.1, 0.15) is 11.6 Å². The number of nitrogens with one attached hydrogen (secondary N) is 1. The molecule has 0 aliphatic carbocycles. The summed E-state index contributed by atoms with van der Waals surface area (Å²) in [6.45, 7) is 8.82. The zero-order chi connectivity index (χ0) is 24.9. The van der Waals surface area contributed by atoms with E-state index in [0.717, 1.165) is 17.3 Å². The van der Waals surface area contributed by atoms with E-state index in [1.54, 1.807) is 31.3 Å². The van der Waals surface area contributed by atoms with Crippen LogP contribution in [0.2, 0.25) is 0 Å². The van der Waals surface area contributed by atoms with Crippen LogP contribution in [0.1, 0.15) is 41.6 Å². The number of anilines is 2. The minimum atomic E-state index is -0.172. The van der Waals surface area contributed by atoms with Gasteiger partial charge in [0.2, 0.25) is 11.1 Å². The van der Waals surface area contributed by atoms with Crippen molar-refractivity contribution in [2.24, 2.45) is 7.05 Å². The summed E-state index contributed by atoms with van der Waals surface area (Å²) in [4.78, 5) is 38.5. The summed E-state index contributed by atoms with van der Waals surface area (Å²) < 4.78 is 1.51. The number of rotatable bonds is 7. The van der Waals surface area contributed by atoms with Gasteiger partial charge in [-0.25, -0.2) is 14.6 Å². The summed E-state index contributed by atoms with van der Waals surface area (Å²) in [6.07, 6.45) is 0. The van der Waals surface area contributed by atoms with Crippen LogP contribution in [-0.2, 0) is 11.8 Å². The van der Waals surface area contributed by atoms with Crippen LogP contribution in [0.25, 0.3) is 0 Å². The van der Waals surface area contributed by atoms with E-state index in [4.69, 9.17) is 4.98 Å². The van der Waals surface area contributed by atoms with E-state index in [2.05, 4.69) is 44.6 Å². The Balaban J connectivity index is 1.29. The number of carbonyl (C=O) groups excluding carboxylic acids is 2. The molecule has 3 heterocycles. The fourth-order valence-electron chi connectivity index (χ4n) is 3.68. The molecule has 184 valence electrons. The Bertz CT molecular complexity index is 1190. The number of tetrazole rings is 1. The number of aryl methyl sites for hydroxylation is 2. The summed E-state index contributed by atoms with van der Waals surface area (Å²) in [5.41, 5.74) is 2.18. The van der Waals surface area contributed by atoms with Crippen molar-refractivity contribution < 1.29 is 9.59 Å². The van der Waals surface area contributed by atoms with Gasteiger partial charge in [0, 0.05) is 62.2 Å². The molecule has 1 aliphatic heterocycles. The Morgan fingerprint density at radius 1 is 1.09 bits per heavy atom. The van der Waals surface area contributed by atoms with E-state index in [9.17, 15) is 9.59 Å². The lowest BCUT2D eigenvalue weighted by atomic mass is 10.1. The van der Waals surface area contributed by atoms with Crippen LogP contribution in [0.15, 0.2) is 35.5 Å². The van der Waals surface area contributed by atoms with Crippen LogP contribution in [0.4, 0.5) is 11.5 Å². The number of benzene rings is 1. The maximum Gasteiger partial charge on any atom is 0.253 e. The molecule has 1 aromatic carbocycles. The Hall–Kier alpha value is -3.54. The van der Waals surface area contributed by atoms with Crippen molar-refractivity contribution in [3.8, 4) is 0 Å². The highest BCUT2D eigenvalue weighted by Gasteiger charge is 2.23. The normalized spacial score (nSPS) is 13.9. The number of hydrogen-bond donors (Lipinski definition) is 1. The van der Waals surface area contributed by atoms with Crippen molar-refractivity contribution >= 4 is 35.1 Å². The highest BCUT2D eigenvalue weighted by atomic mass is 32.2. The van der Waals surface area contributed by atoms with Gasteiger partial charge in [-0.05, 0) is 41.6 Å². The standard InChI is InChI=1S/C23H29N9O2S/c1-15(2)21-24-16(3)13-19(26-21)31-9-11-32(12-10-31)22(34)17-5-7-18(8-6-17)25-20(33)14-35-23-27-28-29-30(23)4/h5-8,13,15H,9-12,14H2,1-4H3,(H,25,33). The maximum absolute atomic E-state index is 13.0. The van der Waals surface area contributed by atoms with Crippen molar-refractivity contribution in [1.82, 2.24) is 35.1 Å². The average molecular weight is 496 g/mol. The fourth-order valence-corrected chi connectivity index (χ4v) is 4.33. The van der Waals surface area contributed by atoms with Crippen molar-refractivity contribution in [3.05, 3.63) is 47.4 Å². The van der Waals surface area contributed by atoms with Crippen molar-refractivity contribution in [2.45, 2.75) is 31.8 Å². The smallest absolute Gasteiger partial charge is 0.253 e. The molecule has 0 radical (unpaired) electrons. The van der Waals surface area contributed by atoms with Crippen molar-refractivity contribution in [2.75, 3.05) is 42.1 Å². The second kappa shape index (κ2) is 10.8. The molecule has 1 fully saturated rings. The van der Waals surface area contributed by atoms with Gasteiger partial charge in [-0.15, -0.1) is 5.10 Å². The third kappa shape index (κ3) is 6.13. The summed E-state index contributed by atoms with van der Waals surface area (Å²) >= 11 is 1.25. The number of piperazine rings is 1. The first-order valence-corrected chi connectivity index (χ1v) is 12.4. The molecule has 35 heavy (non-hydrogen) atoms. The quantitative estimate of drug-likeness (QED) is 0.491. The first-order valence-electron chi connectivity index (χ1n) is 11.4. The predicted octanol–water partition coefficient (Wildman–Crippen LogP) is 2.13. The van der Waals surface area contributed by atoms with E-state index in [-0.39, 0.29) is 23.5 Å². The third-order valence-electron chi connectivity index (χ3n) is 5.59. The van der Waals surface area contributed by atoms with E-state index in [1.165, 1.54) is 16.4 Å². The molecule has 0 spiro atoms. The molecule has 4 rings (SSSR count). The van der Waals surface area contributed by atoms with Crippen LogP contribution in [0.5, 0.6) is 0 Å². The molecule has 1 aliphatic rings. The van der Waals surface area contributed by atoms with E-state index in [0.29, 0.717) is 42.6 Å². The number of aromatic nitrogens is 6. The number of carbonyl (C=O) groups is 2. The molecule has 2 amide bonds. The Kier molecular flexibility index (Phi) is 7.59. The summed E-state index contributed by atoms with van der Waals surface area (Å²) in [5, 5.41) is 14.5. The average Bonchev–Trinajstić information content (AvgIpc) is 3.27. The van der Waals surface area contributed by atoms with Gasteiger partial charge in [-0.1, -0.05) is 25.6 Å². The summed E-state index contributed by atoms with van der Waals surface area (Å²) in [7, 11) is 1.72. The predicted molar refractivity (Wildman–Crippen MR) is 134 cm³/mol. The first kappa shape index (κ1) is 24.6. The fraction of sp³-hybridized carbons (Fsp3) is 0.435. The van der Waals surface area contributed by atoms with Crippen LogP contribution in [0, 0.1) is 6.92 Å². The molecule has 12 heteroatoms. The largest absolute Gasteiger partial charge is 0.353 e. The second-order valence-electron chi connectivity index (χ2n) is 8.66. The van der Waals surface area contributed by atoms with E-state index < -0.39 is 0 Å². The molecular formula is C23H29N9O2S. The molecule has 0 saturated carbocycles.